The van der Waals surface area contributed by atoms with E-state index in [9.17, 15) is 0 Å². The first-order valence-corrected chi connectivity index (χ1v) is 4.03. The lowest BCUT2D eigenvalue weighted by atomic mass is 10.1. The van der Waals surface area contributed by atoms with Gasteiger partial charge >= 0.3 is 0 Å². The molecule has 0 fully saturated rings. The summed E-state index contributed by atoms with van der Waals surface area (Å²) in [7, 11) is 3.39. The van der Waals surface area contributed by atoms with E-state index in [4.69, 9.17) is 10.5 Å². The van der Waals surface area contributed by atoms with Crippen molar-refractivity contribution in [1.29, 1.82) is 0 Å². The van der Waals surface area contributed by atoms with Crippen LogP contribution in [0.15, 0.2) is 16.8 Å². The maximum absolute atomic E-state index is 5.65. The first kappa shape index (κ1) is 11.2. The van der Waals surface area contributed by atoms with Gasteiger partial charge in [-0.3, -0.25) is 4.99 Å². The number of hydrogen-bond donors (Lipinski definition) is 1. The van der Waals surface area contributed by atoms with Crippen molar-refractivity contribution in [2.75, 3.05) is 20.8 Å². The summed E-state index contributed by atoms with van der Waals surface area (Å²) < 4.78 is 4.88. The van der Waals surface area contributed by atoms with Crippen LogP contribution in [0.2, 0.25) is 0 Å². The lowest BCUT2D eigenvalue weighted by molar-refractivity contribution is 0.225. The van der Waals surface area contributed by atoms with Crippen LogP contribution in [0.1, 0.15) is 13.8 Å². The molecule has 0 aliphatic carbocycles. The van der Waals surface area contributed by atoms with Crippen LogP contribution in [-0.2, 0) is 4.74 Å². The van der Waals surface area contributed by atoms with Crippen molar-refractivity contribution in [2.24, 2.45) is 16.6 Å². The van der Waals surface area contributed by atoms with Gasteiger partial charge in [-0.25, -0.2) is 0 Å². The van der Waals surface area contributed by atoms with E-state index in [1.54, 1.807) is 14.2 Å². The van der Waals surface area contributed by atoms with E-state index in [1.807, 2.05) is 6.08 Å². The average molecular weight is 170 g/mol. The van der Waals surface area contributed by atoms with Crippen molar-refractivity contribution in [3.8, 4) is 0 Å². The summed E-state index contributed by atoms with van der Waals surface area (Å²) in [6.07, 6.45) is 1.87. The van der Waals surface area contributed by atoms with E-state index in [2.05, 4.69) is 18.8 Å². The van der Waals surface area contributed by atoms with Crippen molar-refractivity contribution < 1.29 is 4.74 Å². The number of rotatable bonds is 4. The molecule has 0 aliphatic rings. The topological polar surface area (TPSA) is 47.6 Å². The Hall–Kier alpha value is -0.830. The average Bonchev–Trinajstić information content (AvgIpc) is 2.00. The molecule has 0 saturated carbocycles. The van der Waals surface area contributed by atoms with Gasteiger partial charge in [-0.15, -0.1) is 0 Å². The molecule has 0 spiro atoms. The third-order valence-corrected chi connectivity index (χ3v) is 1.49. The maximum atomic E-state index is 5.65. The molecule has 0 radical (unpaired) electrons. The molecule has 3 nitrogen and oxygen atoms in total. The number of ether oxygens (including phenoxy) is 1. The van der Waals surface area contributed by atoms with Gasteiger partial charge in [0.2, 0.25) is 0 Å². The van der Waals surface area contributed by atoms with E-state index < -0.39 is 0 Å². The van der Waals surface area contributed by atoms with Gasteiger partial charge in [0, 0.05) is 25.6 Å². The zero-order chi connectivity index (χ0) is 9.56. The fourth-order valence-corrected chi connectivity index (χ4v) is 0.888. The summed E-state index contributed by atoms with van der Waals surface area (Å²) in [6.45, 7) is 4.63. The number of hydrogen-bond acceptors (Lipinski definition) is 3. The first-order valence-electron chi connectivity index (χ1n) is 4.03. The van der Waals surface area contributed by atoms with Gasteiger partial charge in [0.1, 0.15) is 0 Å². The Morgan fingerprint density at radius 2 is 2.17 bits per heavy atom. The van der Waals surface area contributed by atoms with Crippen molar-refractivity contribution >= 4 is 5.71 Å². The minimum absolute atomic E-state index is 0.408. The molecule has 0 heterocycles. The molecule has 0 rings (SSSR count). The van der Waals surface area contributed by atoms with E-state index in [1.165, 1.54) is 0 Å². The highest BCUT2D eigenvalue weighted by Gasteiger charge is 2.00. The van der Waals surface area contributed by atoms with E-state index in [-0.39, 0.29) is 0 Å². The maximum Gasteiger partial charge on any atom is 0.0857 e. The Morgan fingerprint density at radius 1 is 1.58 bits per heavy atom. The highest BCUT2D eigenvalue weighted by Crippen LogP contribution is 2.00. The van der Waals surface area contributed by atoms with Gasteiger partial charge in [-0.1, -0.05) is 13.8 Å². The van der Waals surface area contributed by atoms with E-state index >= 15 is 0 Å². The summed E-state index contributed by atoms with van der Waals surface area (Å²) in [5.74, 6) is 0.408. The molecule has 0 unspecified atom stereocenters. The molecule has 2 N–H and O–H groups in total. The van der Waals surface area contributed by atoms with Crippen LogP contribution in [0.3, 0.4) is 0 Å². The van der Waals surface area contributed by atoms with E-state index in [0.717, 1.165) is 5.71 Å². The summed E-state index contributed by atoms with van der Waals surface area (Å²) in [4.78, 5) is 4.11. The second kappa shape index (κ2) is 5.77. The largest absolute Gasteiger partial charge is 0.400 e. The van der Waals surface area contributed by atoms with Crippen LogP contribution in [0, 0.1) is 5.92 Å². The molecule has 0 aromatic carbocycles. The smallest absolute Gasteiger partial charge is 0.0857 e. The zero-order valence-electron chi connectivity index (χ0n) is 8.29. The Labute approximate surface area is 74.3 Å². The fourth-order valence-electron chi connectivity index (χ4n) is 0.888. The normalized spacial score (nSPS) is 14.1. The molecule has 70 valence electrons. The molecule has 0 aliphatic heterocycles. The standard InChI is InChI=1S/C9H18N2O/c1-7(2)9(11-3)5-8(10)6-12-4/h5,7H,6,10H2,1-4H3/b8-5-,11-9?. The van der Waals surface area contributed by atoms with E-state index in [0.29, 0.717) is 18.2 Å². The molecule has 3 heteroatoms. The number of nitrogens with two attached hydrogens (primary N) is 1. The third kappa shape index (κ3) is 4.13. The second-order valence-electron chi connectivity index (χ2n) is 2.96. The Bertz CT molecular complexity index is 183. The van der Waals surface area contributed by atoms with Crippen molar-refractivity contribution in [3.63, 3.8) is 0 Å². The van der Waals surface area contributed by atoms with Crippen LogP contribution in [0.4, 0.5) is 0 Å². The van der Waals surface area contributed by atoms with Crippen LogP contribution in [0.5, 0.6) is 0 Å². The minimum atomic E-state index is 0.408. The zero-order valence-corrected chi connectivity index (χ0v) is 8.29. The summed E-state index contributed by atoms with van der Waals surface area (Å²) >= 11 is 0. The lowest BCUT2D eigenvalue weighted by Crippen LogP contribution is -2.11. The summed E-state index contributed by atoms with van der Waals surface area (Å²) in [6, 6.07) is 0. The van der Waals surface area contributed by atoms with Gasteiger partial charge in [-0.05, 0) is 12.0 Å². The van der Waals surface area contributed by atoms with Crippen LogP contribution in [0.25, 0.3) is 0 Å². The fraction of sp³-hybridized carbons (Fsp3) is 0.667. The molecule has 0 atom stereocenters. The number of nitrogens with zero attached hydrogens (tertiary/aromatic N) is 1. The van der Waals surface area contributed by atoms with Gasteiger partial charge in [-0.2, -0.15) is 0 Å². The van der Waals surface area contributed by atoms with Crippen molar-refractivity contribution in [3.05, 3.63) is 11.8 Å². The SMILES string of the molecule is CN=C(/C=C(\N)COC)C(C)C. The molecule has 12 heavy (non-hydrogen) atoms. The van der Waals surface area contributed by atoms with Crippen molar-refractivity contribution in [2.45, 2.75) is 13.8 Å². The quantitative estimate of drug-likeness (QED) is 0.644. The van der Waals surface area contributed by atoms with Crippen LogP contribution < -0.4 is 5.73 Å². The predicted octanol–water partition coefficient (Wildman–Crippen LogP) is 1.20. The van der Waals surface area contributed by atoms with Gasteiger partial charge in [0.15, 0.2) is 0 Å². The Morgan fingerprint density at radius 3 is 2.50 bits per heavy atom. The minimum Gasteiger partial charge on any atom is -0.400 e. The summed E-state index contributed by atoms with van der Waals surface area (Å²) in [5, 5.41) is 0. The lowest BCUT2D eigenvalue weighted by Gasteiger charge is -2.05. The monoisotopic (exact) mass is 170 g/mol. The number of allylic oxidation sites excluding steroid dienone is 1. The first-order chi connectivity index (χ1) is 5.61. The van der Waals surface area contributed by atoms with Gasteiger partial charge in [0.25, 0.3) is 0 Å². The van der Waals surface area contributed by atoms with Crippen molar-refractivity contribution in [1.82, 2.24) is 0 Å². The van der Waals surface area contributed by atoms with Crippen LogP contribution in [-0.4, -0.2) is 26.5 Å². The van der Waals surface area contributed by atoms with Gasteiger partial charge < -0.3 is 10.5 Å². The van der Waals surface area contributed by atoms with Gasteiger partial charge in [0.05, 0.1) is 6.61 Å². The molecule has 0 aromatic heterocycles. The molecular weight excluding hydrogens is 152 g/mol. The molecular formula is C9H18N2O. The molecule has 0 aromatic rings. The second-order valence-corrected chi connectivity index (χ2v) is 2.96. The predicted molar refractivity (Wildman–Crippen MR) is 52.3 cm³/mol. The molecule has 0 bridgehead atoms. The highest BCUT2D eigenvalue weighted by atomic mass is 16.5. The van der Waals surface area contributed by atoms with Crippen LogP contribution >= 0.6 is 0 Å². The third-order valence-electron chi connectivity index (χ3n) is 1.49. The Kier molecular flexibility index (Phi) is 5.37. The molecule has 0 amide bonds. The molecule has 0 saturated heterocycles. The number of methoxy groups -OCH3 is 1. The number of aliphatic imine (C=N–C) groups is 1. The summed E-state index contributed by atoms with van der Waals surface area (Å²) in [5.41, 5.74) is 7.37. The highest BCUT2D eigenvalue weighted by molar-refractivity contribution is 5.96. The Balaban J connectivity index is 4.27.